The Kier molecular flexibility index (Phi) is 4.25. The molecule has 0 spiro atoms. The Morgan fingerprint density at radius 1 is 0.967 bits per heavy atom. The number of phenolic OH excluding ortho intramolecular Hbond substituents is 1. The molecule has 0 atom stereocenters. The van der Waals surface area contributed by atoms with Crippen molar-refractivity contribution in [3.05, 3.63) is 77.4 Å². The molecule has 0 unspecified atom stereocenters. The van der Waals surface area contributed by atoms with Gasteiger partial charge in [0.15, 0.2) is 11.5 Å². The molecule has 4 aromatic rings. The van der Waals surface area contributed by atoms with Crippen LogP contribution in [0.15, 0.2) is 60.7 Å². The minimum atomic E-state index is 0.207. The number of benzene rings is 3. The lowest BCUT2D eigenvalue weighted by atomic mass is 10.1. The van der Waals surface area contributed by atoms with Crippen LogP contribution >= 0.6 is 11.3 Å². The molecule has 150 valence electrons. The quantitative estimate of drug-likeness (QED) is 0.500. The lowest BCUT2D eigenvalue weighted by Gasteiger charge is -2.26. The van der Waals surface area contributed by atoms with E-state index in [1.54, 1.807) is 17.4 Å². The largest absolute Gasteiger partial charge is 0.504 e. The summed E-state index contributed by atoms with van der Waals surface area (Å²) in [6.45, 7) is 2.23. The molecule has 0 radical (unpaired) electrons. The van der Waals surface area contributed by atoms with E-state index in [2.05, 4.69) is 41.3 Å². The molecule has 0 fully saturated rings. The monoisotopic (exact) mass is 414 g/mol. The molecule has 0 saturated carbocycles. The zero-order valence-corrected chi connectivity index (χ0v) is 17.4. The molecule has 2 heterocycles. The third-order valence-electron chi connectivity index (χ3n) is 6.23. The van der Waals surface area contributed by atoms with E-state index >= 15 is 0 Å². The molecule has 1 N–H and O–H groups in total. The average Bonchev–Trinajstić information content (AvgIpc) is 3.32. The molecule has 5 heteroatoms. The summed E-state index contributed by atoms with van der Waals surface area (Å²) in [4.78, 5) is 7.28. The van der Waals surface area contributed by atoms with E-state index < -0.39 is 0 Å². The topological polar surface area (TPSA) is 45.6 Å². The summed E-state index contributed by atoms with van der Waals surface area (Å²) in [5.41, 5.74) is 5.90. The summed E-state index contributed by atoms with van der Waals surface area (Å²) in [6, 6.07) is 21.3. The molecule has 1 aromatic heterocycles. The van der Waals surface area contributed by atoms with Crippen LogP contribution in [0.4, 0.5) is 0 Å². The Balaban J connectivity index is 1.34. The molecule has 2 aliphatic rings. The lowest BCUT2D eigenvalue weighted by Crippen LogP contribution is -2.37. The highest BCUT2D eigenvalue weighted by Crippen LogP contribution is 2.40. The van der Waals surface area contributed by atoms with Crippen LogP contribution in [0.5, 0.6) is 11.5 Å². The maximum Gasteiger partial charge on any atom is 0.165 e. The summed E-state index contributed by atoms with van der Waals surface area (Å²) < 4.78 is 7.14. The first kappa shape index (κ1) is 17.9. The number of fused-ring (bicyclic) bond motifs is 3. The first-order valence-corrected chi connectivity index (χ1v) is 11.2. The van der Waals surface area contributed by atoms with Crippen LogP contribution in [0, 0.1) is 0 Å². The van der Waals surface area contributed by atoms with Crippen molar-refractivity contribution in [2.24, 2.45) is 0 Å². The molecule has 0 saturated heterocycles. The van der Waals surface area contributed by atoms with Crippen molar-refractivity contribution in [3.8, 4) is 22.1 Å². The van der Waals surface area contributed by atoms with Gasteiger partial charge in [0.2, 0.25) is 0 Å². The zero-order chi connectivity index (χ0) is 20.1. The highest BCUT2D eigenvalue weighted by atomic mass is 32.1. The lowest BCUT2D eigenvalue weighted by molar-refractivity contribution is 0.172. The molecular formula is C25H22N2O2S. The van der Waals surface area contributed by atoms with Gasteiger partial charge in [-0.2, -0.15) is 0 Å². The fraction of sp³-hybridized carbons (Fsp3) is 0.240. The number of hydrogen-bond acceptors (Lipinski definition) is 5. The van der Waals surface area contributed by atoms with E-state index in [1.807, 2.05) is 18.2 Å². The van der Waals surface area contributed by atoms with Gasteiger partial charge in [-0.05, 0) is 48.2 Å². The van der Waals surface area contributed by atoms with Gasteiger partial charge in [-0.25, -0.2) is 4.98 Å². The maximum atomic E-state index is 10.7. The normalized spacial score (nSPS) is 16.8. The van der Waals surface area contributed by atoms with Crippen molar-refractivity contribution >= 4 is 21.6 Å². The van der Waals surface area contributed by atoms with Crippen molar-refractivity contribution in [1.82, 2.24) is 9.88 Å². The van der Waals surface area contributed by atoms with Crippen molar-refractivity contribution in [2.45, 2.75) is 25.4 Å². The van der Waals surface area contributed by atoms with Gasteiger partial charge < -0.3 is 9.84 Å². The summed E-state index contributed by atoms with van der Waals surface area (Å²) in [6.07, 6.45) is 2.16. The maximum absolute atomic E-state index is 10.7. The van der Waals surface area contributed by atoms with Gasteiger partial charge in [0.1, 0.15) is 11.6 Å². The number of rotatable bonds is 2. The molecule has 4 nitrogen and oxygen atoms in total. The molecule has 3 aromatic carbocycles. The predicted octanol–water partition coefficient (Wildman–Crippen LogP) is 5.03. The second-order valence-corrected chi connectivity index (χ2v) is 9.15. The minimum absolute atomic E-state index is 0.207. The van der Waals surface area contributed by atoms with Crippen LogP contribution in [0.1, 0.15) is 16.7 Å². The molecule has 6 rings (SSSR count). The highest BCUT2D eigenvalue weighted by Gasteiger charge is 2.29. The Hall–Kier alpha value is -2.89. The Bertz CT molecular complexity index is 1190. The molecule has 0 amide bonds. The number of phenols is 1. The van der Waals surface area contributed by atoms with E-state index in [-0.39, 0.29) is 5.75 Å². The van der Waals surface area contributed by atoms with E-state index in [0.29, 0.717) is 18.4 Å². The standard InChI is InChI=1S/C25H22N2O2S/c28-22-14-18(25-26-21-7-3-4-8-23(21)30-25)11-19-15-27(9-10-29-24(19)22)20-12-16-5-1-2-6-17(16)13-20/h1-8,11,14,20,28H,9-10,12-13,15H2. The highest BCUT2D eigenvalue weighted by molar-refractivity contribution is 7.21. The van der Waals surface area contributed by atoms with Gasteiger partial charge >= 0.3 is 0 Å². The number of aromatic hydroxyl groups is 1. The minimum Gasteiger partial charge on any atom is -0.504 e. The van der Waals surface area contributed by atoms with Crippen LogP contribution in [0.2, 0.25) is 0 Å². The van der Waals surface area contributed by atoms with E-state index in [1.165, 1.54) is 11.1 Å². The van der Waals surface area contributed by atoms with Crippen LogP contribution in [-0.2, 0) is 19.4 Å². The number of thiazole rings is 1. The second-order valence-electron chi connectivity index (χ2n) is 8.12. The van der Waals surface area contributed by atoms with Crippen molar-refractivity contribution < 1.29 is 9.84 Å². The Morgan fingerprint density at radius 3 is 2.53 bits per heavy atom. The summed E-state index contributed by atoms with van der Waals surface area (Å²) >= 11 is 1.66. The SMILES string of the molecule is Oc1cc(-c2nc3ccccc3s2)cc2c1OCCN(C1Cc3ccccc3C1)C2. The van der Waals surface area contributed by atoms with Gasteiger partial charge in [-0.15, -0.1) is 11.3 Å². The number of hydrogen-bond donors (Lipinski definition) is 1. The first-order chi connectivity index (χ1) is 14.7. The summed E-state index contributed by atoms with van der Waals surface area (Å²) in [7, 11) is 0. The fourth-order valence-electron chi connectivity index (χ4n) is 4.74. The number of para-hydroxylation sites is 1. The van der Waals surface area contributed by atoms with Gasteiger partial charge in [0.25, 0.3) is 0 Å². The zero-order valence-electron chi connectivity index (χ0n) is 16.5. The smallest absolute Gasteiger partial charge is 0.165 e. The summed E-state index contributed by atoms with van der Waals surface area (Å²) in [5.74, 6) is 0.830. The first-order valence-electron chi connectivity index (χ1n) is 10.4. The average molecular weight is 415 g/mol. The van der Waals surface area contributed by atoms with Crippen molar-refractivity contribution in [2.75, 3.05) is 13.2 Å². The second kappa shape index (κ2) is 7.11. The third-order valence-corrected chi connectivity index (χ3v) is 7.32. The molecular weight excluding hydrogens is 392 g/mol. The van der Waals surface area contributed by atoms with E-state index in [0.717, 1.165) is 52.3 Å². The van der Waals surface area contributed by atoms with Crippen LogP contribution in [0.25, 0.3) is 20.8 Å². The van der Waals surface area contributed by atoms with Crippen LogP contribution < -0.4 is 4.74 Å². The van der Waals surface area contributed by atoms with Gasteiger partial charge in [-0.3, -0.25) is 4.90 Å². The molecule has 30 heavy (non-hydrogen) atoms. The van der Waals surface area contributed by atoms with Crippen molar-refractivity contribution in [1.29, 1.82) is 0 Å². The fourth-order valence-corrected chi connectivity index (χ4v) is 5.70. The van der Waals surface area contributed by atoms with Crippen molar-refractivity contribution in [3.63, 3.8) is 0 Å². The number of nitrogens with zero attached hydrogens (tertiary/aromatic N) is 2. The van der Waals surface area contributed by atoms with Crippen LogP contribution in [0.3, 0.4) is 0 Å². The van der Waals surface area contributed by atoms with E-state index in [4.69, 9.17) is 9.72 Å². The van der Waals surface area contributed by atoms with Gasteiger partial charge in [0, 0.05) is 30.3 Å². The van der Waals surface area contributed by atoms with Crippen LogP contribution in [-0.4, -0.2) is 34.2 Å². The van der Waals surface area contributed by atoms with Gasteiger partial charge in [0.05, 0.1) is 10.2 Å². The Morgan fingerprint density at radius 2 is 1.73 bits per heavy atom. The number of ether oxygens (including phenoxy) is 1. The van der Waals surface area contributed by atoms with Gasteiger partial charge in [-0.1, -0.05) is 36.4 Å². The predicted molar refractivity (Wildman–Crippen MR) is 120 cm³/mol. The Labute approximate surface area is 179 Å². The third kappa shape index (κ3) is 3.06. The molecule has 1 aliphatic heterocycles. The van der Waals surface area contributed by atoms with E-state index in [9.17, 15) is 5.11 Å². The summed E-state index contributed by atoms with van der Waals surface area (Å²) in [5, 5.41) is 11.7. The molecule has 0 bridgehead atoms. The number of aromatic nitrogens is 1. The molecule has 1 aliphatic carbocycles.